The van der Waals surface area contributed by atoms with Crippen LogP contribution in [0.2, 0.25) is 0 Å². The summed E-state index contributed by atoms with van der Waals surface area (Å²) in [6.45, 7) is 4.26. The number of nitrogens with one attached hydrogen (secondary N) is 1. The van der Waals surface area contributed by atoms with Gasteiger partial charge in [-0.3, -0.25) is 4.79 Å². The number of carboxylic acid groups (broad SMARTS) is 1. The van der Waals surface area contributed by atoms with Gasteiger partial charge in [-0.1, -0.05) is 26.7 Å². The summed E-state index contributed by atoms with van der Waals surface area (Å²) < 4.78 is 0. The molecule has 5 heteroatoms. The van der Waals surface area contributed by atoms with Crippen LogP contribution in [0.3, 0.4) is 0 Å². The summed E-state index contributed by atoms with van der Waals surface area (Å²) in [5, 5.41) is 11.0. The van der Waals surface area contributed by atoms with E-state index in [9.17, 15) is 9.59 Å². The molecule has 0 rings (SSSR count). The van der Waals surface area contributed by atoms with Gasteiger partial charge in [-0.25, -0.2) is 4.79 Å². The zero-order valence-corrected chi connectivity index (χ0v) is 10.0. The van der Waals surface area contributed by atoms with Crippen molar-refractivity contribution in [2.45, 2.75) is 32.7 Å². The monoisotopic (exact) mass is 233 g/mol. The summed E-state index contributed by atoms with van der Waals surface area (Å²) in [4.78, 5) is 20.8. The number of carbonyl (C=O) groups is 2. The Hall–Kier alpha value is -0.710. The summed E-state index contributed by atoms with van der Waals surface area (Å²) in [5.41, 5.74) is 0. The first-order valence-corrected chi connectivity index (χ1v) is 6.31. The number of hydrogen-bond acceptors (Lipinski definition) is 3. The van der Waals surface area contributed by atoms with Gasteiger partial charge < -0.3 is 10.4 Å². The second kappa shape index (κ2) is 8.59. The van der Waals surface area contributed by atoms with Crippen LogP contribution < -0.4 is 5.32 Å². The molecule has 0 aliphatic heterocycles. The van der Waals surface area contributed by atoms with Crippen molar-refractivity contribution in [1.29, 1.82) is 0 Å². The quantitative estimate of drug-likeness (QED) is 0.590. The average Bonchev–Trinajstić information content (AvgIpc) is 2.22. The van der Waals surface area contributed by atoms with E-state index < -0.39 is 12.0 Å². The topological polar surface area (TPSA) is 66.4 Å². The van der Waals surface area contributed by atoms with Crippen molar-refractivity contribution in [2.75, 3.05) is 11.5 Å². The second-order valence-electron chi connectivity index (χ2n) is 3.40. The van der Waals surface area contributed by atoms with Crippen LogP contribution in [0.1, 0.15) is 26.7 Å². The van der Waals surface area contributed by atoms with Crippen LogP contribution in [-0.2, 0) is 9.59 Å². The zero-order valence-electron chi connectivity index (χ0n) is 9.23. The minimum atomic E-state index is -0.973. The molecule has 0 bridgehead atoms. The fourth-order valence-corrected chi connectivity index (χ4v) is 2.57. The second-order valence-corrected chi connectivity index (χ2v) is 4.47. The smallest absolute Gasteiger partial charge is 0.327 e. The van der Waals surface area contributed by atoms with E-state index in [2.05, 4.69) is 19.2 Å². The molecule has 1 unspecified atom stereocenters. The van der Waals surface area contributed by atoms with Gasteiger partial charge >= 0.3 is 5.97 Å². The molecule has 0 saturated heterocycles. The molecule has 88 valence electrons. The highest BCUT2D eigenvalue weighted by Gasteiger charge is 2.16. The van der Waals surface area contributed by atoms with E-state index in [1.165, 1.54) is 0 Å². The molecule has 0 aromatic carbocycles. The van der Waals surface area contributed by atoms with Gasteiger partial charge in [0.2, 0.25) is 6.41 Å². The number of aliphatic carboxylic acids is 1. The van der Waals surface area contributed by atoms with E-state index in [4.69, 9.17) is 5.11 Å². The molecular formula is C10H19NO3S. The molecule has 0 spiro atoms. The SMILES string of the molecule is CCC(CC)CSCC(NC=O)C(=O)O. The standard InChI is InChI=1S/C10H19NO3S/c1-3-8(4-2)5-15-6-9(10(13)14)11-7-12/h7-9H,3-6H2,1-2H3,(H,11,12)(H,13,14). The Morgan fingerprint density at radius 2 is 2.00 bits per heavy atom. The molecule has 15 heavy (non-hydrogen) atoms. The number of hydrogen-bond donors (Lipinski definition) is 2. The predicted molar refractivity (Wildman–Crippen MR) is 62.0 cm³/mol. The molecule has 0 fully saturated rings. The van der Waals surface area contributed by atoms with Gasteiger partial charge in [0.25, 0.3) is 0 Å². The molecule has 1 amide bonds. The van der Waals surface area contributed by atoms with Crippen molar-refractivity contribution in [3.8, 4) is 0 Å². The highest BCUT2D eigenvalue weighted by Crippen LogP contribution is 2.15. The predicted octanol–water partition coefficient (Wildman–Crippen LogP) is 1.35. The van der Waals surface area contributed by atoms with Crippen LogP contribution in [0.4, 0.5) is 0 Å². The third kappa shape index (κ3) is 6.38. The Morgan fingerprint density at radius 3 is 2.40 bits per heavy atom. The lowest BCUT2D eigenvalue weighted by Crippen LogP contribution is -2.38. The molecule has 0 aliphatic carbocycles. The summed E-state index contributed by atoms with van der Waals surface area (Å²) in [6, 6.07) is -0.762. The number of carboxylic acids is 1. The van der Waals surface area contributed by atoms with Crippen molar-refractivity contribution in [2.24, 2.45) is 5.92 Å². The van der Waals surface area contributed by atoms with E-state index in [-0.39, 0.29) is 0 Å². The summed E-state index contributed by atoms with van der Waals surface area (Å²) in [7, 11) is 0. The van der Waals surface area contributed by atoms with E-state index in [1.807, 2.05) is 0 Å². The van der Waals surface area contributed by atoms with Crippen molar-refractivity contribution in [3.63, 3.8) is 0 Å². The van der Waals surface area contributed by atoms with Crippen LogP contribution in [0.25, 0.3) is 0 Å². The largest absolute Gasteiger partial charge is 0.480 e. The Kier molecular flexibility index (Phi) is 8.18. The van der Waals surface area contributed by atoms with Crippen molar-refractivity contribution < 1.29 is 14.7 Å². The highest BCUT2D eigenvalue weighted by molar-refractivity contribution is 7.99. The lowest BCUT2D eigenvalue weighted by molar-refractivity contribution is -0.139. The van der Waals surface area contributed by atoms with Crippen LogP contribution in [-0.4, -0.2) is 35.0 Å². The third-order valence-electron chi connectivity index (χ3n) is 2.36. The van der Waals surface area contributed by atoms with E-state index >= 15 is 0 Å². The molecule has 0 heterocycles. The normalized spacial score (nSPS) is 12.5. The maximum atomic E-state index is 10.7. The van der Waals surface area contributed by atoms with E-state index in [0.29, 0.717) is 18.1 Å². The van der Waals surface area contributed by atoms with Gasteiger partial charge in [0, 0.05) is 5.75 Å². The lowest BCUT2D eigenvalue weighted by atomic mass is 10.1. The van der Waals surface area contributed by atoms with Crippen molar-refractivity contribution >= 4 is 24.1 Å². The molecule has 0 aromatic rings. The Bertz CT molecular complexity index is 195. The molecule has 1 atom stereocenters. The third-order valence-corrected chi connectivity index (χ3v) is 3.64. The van der Waals surface area contributed by atoms with Crippen LogP contribution in [0, 0.1) is 5.92 Å². The summed E-state index contributed by atoms with van der Waals surface area (Å²) >= 11 is 1.58. The van der Waals surface area contributed by atoms with Gasteiger partial charge in [-0.15, -0.1) is 0 Å². The molecular weight excluding hydrogens is 214 g/mol. The zero-order chi connectivity index (χ0) is 11.7. The first-order chi connectivity index (χ1) is 7.15. The van der Waals surface area contributed by atoms with Crippen LogP contribution >= 0.6 is 11.8 Å². The van der Waals surface area contributed by atoms with Gasteiger partial charge in [-0.2, -0.15) is 11.8 Å². The maximum Gasteiger partial charge on any atom is 0.327 e. The summed E-state index contributed by atoms with van der Waals surface area (Å²) in [6.07, 6.45) is 2.67. The summed E-state index contributed by atoms with van der Waals surface area (Å²) in [5.74, 6) is 1.06. The lowest BCUT2D eigenvalue weighted by Gasteiger charge is -2.14. The fourth-order valence-electron chi connectivity index (χ4n) is 1.15. The van der Waals surface area contributed by atoms with E-state index in [1.54, 1.807) is 11.8 Å². The maximum absolute atomic E-state index is 10.7. The minimum absolute atomic E-state index is 0.435. The Morgan fingerprint density at radius 1 is 1.40 bits per heavy atom. The Labute approximate surface area is 94.8 Å². The number of amides is 1. The molecule has 0 aliphatic rings. The average molecular weight is 233 g/mol. The Balaban J connectivity index is 3.79. The van der Waals surface area contributed by atoms with Gasteiger partial charge in [0.15, 0.2) is 0 Å². The van der Waals surface area contributed by atoms with Crippen molar-refractivity contribution in [3.05, 3.63) is 0 Å². The molecule has 4 nitrogen and oxygen atoms in total. The first kappa shape index (κ1) is 14.3. The fraction of sp³-hybridized carbons (Fsp3) is 0.800. The molecule has 0 saturated carbocycles. The molecule has 2 N–H and O–H groups in total. The molecule has 0 radical (unpaired) electrons. The number of carbonyl (C=O) groups excluding carboxylic acids is 1. The van der Waals surface area contributed by atoms with Crippen LogP contribution in [0.5, 0.6) is 0 Å². The van der Waals surface area contributed by atoms with Gasteiger partial charge in [0.1, 0.15) is 6.04 Å². The number of rotatable bonds is 9. The van der Waals surface area contributed by atoms with Gasteiger partial charge in [0.05, 0.1) is 0 Å². The minimum Gasteiger partial charge on any atom is -0.480 e. The first-order valence-electron chi connectivity index (χ1n) is 5.15. The van der Waals surface area contributed by atoms with Crippen LogP contribution in [0.15, 0.2) is 0 Å². The highest BCUT2D eigenvalue weighted by atomic mass is 32.2. The van der Waals surface area contributed by atoms with Gasteiger partial charge in [-0.05, 0) is 11.7 Å². The number of thioether (sulfide) groups is 1. The molecule has 0 aromatic heterocycles. The van der Waals surface area contributed by atoms with Crippen molar-refractivity contribution in [1.82, 2.24) is 5.32 Å². The van der Waals surface area contributed by atoms with E-state index in [0.717, 1.165) is 18.6 Å².